The van der Waals surface area contributed by atoms with Gasteiger partial charge in [0.05, 0.1) is 11.0 Å². The van der Waals surface area contributed by atoms with Crippen LogP contribution in [0.25, 0.3) is 88.8 Å². The highest BCUT2D eigenvalue weighted by Crippen LogP contribution is 2.42. The Labute approximate surface area is 303 Å². The summed E-state index contributed by atoms with van der Waals surface area (Å²) >= 11 is 0. The molecule has 0 N–H and O–H groups in total. The predicted molar refractivity (Wildman–Crippen MR) is 222 cm³/mol. The molecule has 0 fully saturated rings. The SMILES string of the molecule is CC1C=Cc2c(c3cc(-c4ccc(-n5c6c(c7ccccc75)C=CCC6C)cc4)ccc3n2-c2ccc3c4ccccc4c4ccccc4c3c2)C1. The molecule has 2 heterocycles. The van der Waals surface area contributed by atoms with Gasteiger partial charge >= 0.3 is 0 Å². The molecule has 11 rings (SSSR count). The first-order chi connectivity index (χ1) is 25.6. The van der Waals surface area contributed by atoms with Crippen LogP contribution in [0, 0.1) is 5.92 Å². The molecule has 2 aliphatic rings. The molecule has 2 aromatic heterocycles. The summed E-state index contributed by atoms with van der Waals surface area (Å²) in [7, 11) is 0. The first-order valence-electron chi connectivity index (χ1n) is 18.7. The fraction of sp³-hybridized carbons (Fsp3) is 0.120. The molecule has 9 aromatic rings. The van der Waals surface area contributed by atoms with Crippen molar-refractivity contribution in [3.8, 4) is 22.5 Å². The Balaban J connectivity index is 1.06. The summed E-state index contributed by atoms with van der Waals surface area (Å²) in [6.45, 7) is 4.69. The van der Waals surface area contributed by atoms with Gasteiger partial charge < -0.3 is 9.13 Å². The fourth-order valence-electron chi connectivity index (χ4n) is 9.43. The summed E-state index contributed by atoms with van der Waals surface area (Å²) < 4.78 is 4.99. The Morgan fingerprint density at radius 1 is 0.500 bits per heavy atom. The average Bonchev–Trinajstić information content (AvgIpc) is 3.71. The first kappa shape index (κ1) is 29.6. The number of allylic oxidation sites excluding steroid dienone is 2. The van der Waals surface area contributed by atoms with Crippen LogP contribution < -0.4 is 0 Å². The van der Waals surface area contributed by atoms with Gasteiger partial charge in [0.15, 0.2) is 0 Å². The lowest BCUT2D eigenvalue weighted by Crippen LogP contribution is -2.06. The van der Waals surface area contributed by atoms with Gasteiger partial charge in [-0.25, -0.2) is 0 Å². The molecule has 0 aliphatic heterocycles. The quantitative estimate of drug-likeness (QED) is 0.166. The van der Waals surface area contributed by atoms with Gasteiger partial charge in [0.2, 0.25) is 0 Å². The molecule has 0 spiro atoms. The van der Waals surface area contributed by atoms with E-state index in [1.807, 2.05) is 0 Å². The van der Waals surface area contributed by atoms with Crippen LogP contribution in [0.1, 0.15) is 48.7 Å². The standard InChI is InChI=1S/C50H38N2/c1-31-18-26-48-45(28-31)46-29-34(33-19-22-35(23-20-33)52-47-17-8-7-15-42(47)43-16-9-10-32(2)50(43)52)21-27-49(46)51(48)36-24-25-41-39-13-4-3-11-37(39)38-12-5-6-14-40(38)44(41)30-36/h3-9,11-27,29-32H,10,28H2,1-2H3. The topological polar surface area (TPSA) is 9.86 Å². The first-order valence-corrected chi connectivity index (χ1v) is 18.7. The second-order valence-electron chi connectivity index (χ2n) is 15.0. The van der Waals surface area contributed by atoms with E-state index in [1.54, 1.807) is 0 Å². The molecule has 0 saturated carbocycles. The summed E-state index contributed by atoms with van der Waals surface area (Å²) in [4.78, 5) is 0. The molecule has 248 valence electrons. The van der Waals surface area contributed by atoms with Crippen molar-refractivity contribution < 1.29 is 0 Å². The van der Waals surface area contributed by atoms with Crippen molar-refractivity contribution in [3.05, 3.63) is 168 Å². The maximum absolute atomic E-state index is 2.50. The van der Waals surface area contributed by atoms with Crippen molar-refractivity contribution in [2.45, 2.75) is 32.6 Å². The van der Waals surface area contributed by atoms with Gasteiger partial charge in [-0.15, -0.1) is 0 Å². The molecular formula is C50H38N2. The highest BCUT2D eigenvalue weighted by molar-refractivity contribution is 6.25. The van der Waals surface area contributed by atoms with Crippen molar-refractivity contribution in [2.24, 2.45) is 5.92 Å². The van der Waals surface area contributed by atoms with Crippen LogP contribution in [-0.4, -0.2) is 9.13 Å². The Kier molecular flexibility index (Phi) is 6.37. The molecule has 0 radical (unpaired) electrons. The minimum absolute atomic E-state index is 0.474. The molecule has 52 heavy (non-hydrogen) atoms. The second-order valence-corrected chi connectivity index (χ2v) is 15.0. The highest BCUT2D eigenvalue weighted by atomic mass is 15.0. The lowest BCUT2D eigenvalue weighted by atomic mass is 9.92. The van der Waals surface area contributed by atoms with E-state index >= 15 is 0 Å². The van der Waals surface area contributed by atoms with Crippen LogP contribution in [0.4, 0.5) is 0 Å². The lowest BCUT2D eigenvalue weighted by molar-refractivity contribution is 0.718. The predicted octanol–water partition coefficient (Wildman–Crippen LogP) is 13.4. The van der Waals surface area contributed by atoms with E-state index in [9.17, 15) is 0 Å². The fourth-order valence-corrected chi connectivity index (χ4v) is 9.43. The number of hydrogen-bond acceptors (Lipinski definition) is 0. The molecule has 7 aromatic carbocycles. The van der Waals surface area contributed by atoms with Crippen LogP contribution in [0.15, 0.2) is 146 Å². The highest BCUT2D eigenvalue weighted by Gasteiger charge is 2.24. The molecule has 2 unspecified atom stereocenters. The molecule has 2 heteroatoms. The molecule has 0 saturated heterocycles. The third kappa shape index (κ3) is 4.24. The normalized spacial score (nSPS) is 16.7. The van der Waals surface area contributed by atoms with E-state index in [0.717, 1.165) is 12.8 Å². The van der Waals surface area contributed by atoms with Crippen molar-refractivity contribution in [3.63, 3.8) is 0 Å². The molecule has 2 nitrogen and oxygen atoms in total. The van der Waals surface area contributed by atoms with Gasteiger partial charge in [0, 0.05) is 45.0 Å². The zero-order valence-electron chi connectivity index (χ0n) is 29.5. The van der Waals surface area contributed by atoms with Crippen LogP contribution in [0.3, 0.4) is 0 Å². The number of fused-ring (bicyclic) bond motifs is 12. The van der Waals surface area contributed by atoms with E-state index in [1.165, 1.54) is 99.1 Å². The maximum atomic E-state index is 2.50. The van der Waals surface area contributed by atoms with Crippen LogP contribution in [0.2, 0.25) is 0 Å². The van der Waals surface area contributed by atoms with Crippen LogP contribution in [0.5, 0.6) is 0 Å². The van der Waals surface area contributed by atoms with Crippen LogP contribution >= 0.6 is 0 Å². The van der Waals surface area contributed by atoms with E-state index in [0.29, 0.717) is 11.8 Å². The minimum Gasteiger partial charge on any atom is -0.313 e. The van der Waals surface area contributed by atoms with E-state index < -0.39 is 0 Å². The minimum atomic E-state index is 0.474. The summed E-state index contributed by atoms with van der Waals surface area (Å²) in [5, 5.41) is 10.5. The van der Waals surface area contributed by atoms with Gasteiger partial charge in [-0.2, -0.15) is 0 Å². The smallest absolute Gasteiger partial charge is 0.0538 e. The number of aromatic nitrogens is 2. The molecule has 2 aliphatic carbocycles. The summed E-state index contributed by atoms with van der Waals surface area (Å²) in [6.07, 6.45) is 11.5. The molecule has 2 atom stereocenters. The number of nitrogens with zero attached hydrogens (tertiary/aromatic N) is 2. The summed E-state index contributed by atoms with van der Waals surface area (Å²) in [5.41, 5.74) is 13.0. The van der Waals surface area contributed by atoms with Crippen molar-refractivity contribution in [1.29, 1.82) is 0 Å². The third-order valence-corrected chi connectivity index (χ3v) is 11.9. The Morgan fingerprint density at radius 3 is 1.87 bits per heavy atom. The number of benzene rings is 7. The van der Waals surface area contributed by atoms with E-state index in [-0.39, 0.29) is 0 Å². The van der Waals surface area contributed by atoms with Gasteiger partial charge in [0.25, 0.3) is 0 Å². The van der Waals surface area contributed by atoms with Crippen LogP contribution in [-0.2, 0) is 6.42 Å². The zero-order chi connectivity index (χ0) is 34.5. The number of hydrogen-bond donors (Lipinski definition) is 0. The number of para-hydroxylation sites is 1. The van der Waals surface area contributed by atoms with E-state index in [4.69, 9.17) is 0 Å². The van der Waals surface area contributed by atoms with E-state index in [2.05, 4.69) is 181 Å². The van der Waals surface area contributed by atoms with Gasteiger partial charge in [-0.3, -0.25) is 0 Å². The summed E-state index contributed by atoms with van der Waals surface area (Å²) in [5.74, 6) is 0.975. The van der Waals surface area contributed by atoms with Crippen molar-refractivity contribution in [1.82, 2.24) is 9.13 Å². The number of rotatable bonds is 3. The zero-order valence-corrected chi connectivity index (χ0v) is 29.5. The Bertz CT molecular complexity index is 2950. The Morgan fingerprint density at radius 2 is 1.12 bits per heavy atom. The van der Waals surface area contributed by atoms with Gasteiger partial charge in [-0.05, 0) is 116 Å². The summed E-state index contributed by atoms with van der Waals surface area (Å²) in [6, 6.07) is 50.0. The molecule has 0 amide bonds. The second kappa shape index (κ2) is 11.2. The molecular weight excluding hydrogens is 629 g/mol. The third-order valence-electron chi connectivity index (χ3n) is 11.9. The monoisotopic (exact) mass is 666 g/mol. The average molecular weight is 667 g/mol. The maximum Gasteiger partial charge on any atom is 0.0538 e. The van der Waals surface area contributed by atoms with Crippen molar-refractivity contribution in [2.75, 3.05) is 0 Å². The van der Waals surface area contributed by atoms with Gasteiger partial charge in [0.1, 0.15) is 0 Å². The lowest BCUT2D eigenvalue weighted by Gasteiger charge is -2.19. The van der Waals surface area contributed by atoms with Gasteiger partial charge in [-0.1, -0.05) is 123 Å². The molecule has 0 bridgehead atoms. The largest absolute Gasteiger partial charge is 0.313 e. The van der Waals surface area contributed by atoms with Crippen molar-refractivity contribution >= 4 is 66.3 Å². The Hall–Kier alpha value is -6.12.